The first-order valence-corrected chi connectivity index (χ1v) is 11.7. The fourth-order valence-electron chi connectivity index (χ4n) is 4.17. The maximum atomic E-state index is 12.8. The topological polar surface area (TPSA) is 78.9 Å². The number of carbonyl (C=O) groups excluding carboxylic acids is 2. The first-order valence-electron chi connectivity index (χ1n) is 11.0. The van der Waals surface area contributed by atoms with Gasteiger partial charge in [-0.05, 0) is 74.6 Å². The highest BCUT2D eigenvalue weighted by Gasteiger charge is 2.34. The van der Waals surface area contributed by atoms with Gasteiger partial charge in [0.25, 0.3) is 5.91 Å². The molecule has 0 bridgehead atoms. The second-order valence-electron chi connectivity index (χ2n) is 9.23. The largest absolute Gasteiger partial charge is 0.444 e. The Morgan fingerprint density at radius 1 is 1.09 bits per heavy atom. The molecule has 1 aliphatic rings. The predicted octanol–water partition coefficient (Wildman–Crippen LogP) is 5.55. The van der Waals surface area contributed by atoms with Crippen LogP contribution in [0.5, 0.6) is 0 Å². The first-order chi connectivity index (χ1) is 15.5. The van der Waals surface area contributed by atoms with Crippen LogP contribution in [-0.4, -0.2) is 47.8 Å². The third-order valence-electron chi connectivity index (χ3n) is 5.70. The van der Waals surface area contributed by atoms with Gasteiger partial charge < -0.3 is 20.1 Å². The molecule has 0 saturated carbocycles. The molecule has 0 unspecified atom stereocenters. The Balaban J connectivity index is 2.02. The van der Waals surface area contributed by atoms with Crippen molar-refractivity contribution in [1.29, 1.82) is 0 Å². The Hall–Kier alpha value is -2.28. The van der Waals surface area contributed by atoms with Crippen LogP contribution >= 0.6 is 23.2 Å². The zero-order chi connectivity index (χ0) is 24.3. The number of carbonyl (C=O) groups is 2. The molecule has 33 heavy (non-hydrogen) atoms. The molecule has 0 spiro atoms. The Labute approximate surface area is 204 Å². The summed E-state index contributed by atoms with van der Waals surface area (Å²) in [4.78, 5) is 27.0. The number of hydrogen-bond donors (Lipinski definition) is 2. The van der Waals surface area contributed by atoms with Crippen LogP contribution in [0.1, 0.15) is 72.6 Å². The van der Waals surface area contributed by atoms with Gasteiger partial charge in [-0.2, -0.15) is 0 Å². The third-order valence-corrected chi connectivity index (χ3v) is 6.44. The molecule has 2 aromatic carbocycles. The number of ether oxygens (including phenoxy) is 1. The van der Waals surface area contributed by atoms with E-state index in [1.807, 2.05) is 45.0 Å². The molecule has 1 aliphatic carbocycles. The van der Waals surface area contributed by atoms with Crippen LogP contribution in [0.25, 0.3) is 0 Å². The molecule has 2 N–H and O–H groups in total. The van der Waals surface area contributed by atoms with E-state index in [-0.39, 0.29) is 31.0 Å². The fraction of sp³-hybridized carbons (Fsp3) is 0.440. The van der Waals surface area contributed by atoms with Crippen LogP contribution in [-0.2, 0) is 4.74 Å². The van der Waals surface area contributed by atoms with Crippen molar-refractivity contribution in [2.75, 3.05) is 20.2 Å². The molecule has 0 fully saturated rings. The highest BCUT2D eigenvalue weighted by molar-refractivity contribution is 6.42. The van der Waals surface area contributed by atoms with E-state index in [0.29, 0.717) is 15.6 Å². The van der Waals surface area contributed by atoms with E-state index >= 15 is 0 Å². The van der Waals surface area contributed by atoms with Gasteiger partial charge in [-0.15, -0.1) is 0 Å². The van der Waals surface area contributed by atoms with Crippen molar-refractivity contribution in [2.45, 2.75) is 51.2 Å². The van der Waals surface area contributed by atoms with E-state index < -0.39 is 11.7 Å². The Kier molecular flexibility index (Phi) is 7.93. The number of rotatable bonds is 5. The van der Waals surface area contributed by atoms with Crippen molar-refractivity contribution in [1.82, 2.24) is 10.2 Å². The summed E-state index contributed by atoms with van der Waals surface area (Å²) in [6.07, 6.45) is 1.09. The second-order valence-corrected chi connectivity index (χ2v) is 10.0. The summed E-state index contributed by atoms with van der Waals surface area (Å²) in [5, 5.41) is 12.7. The van der Waals surface area contributed by atoms with E-state index in [9.17, 15) is 9.59 Å². The van der Waals surface area contributed by atoms with Crippen molar-refractivity contribution in [2.24, 2.45) is 0 Å². The summed E-state index contributed by atoms with van der Waals surface area (Å²) in [6.45, 7) is 5.56. The SMILES string of the molecule is CN(C(=O)OC(C)(C)C)[C@H]1CC[C@@H](c2ccc(Cl)c(Cl)c2)c2cc(C(=O)NCCO)ccc21. The van der Waals surface area contributed by atoms with E-state index in [1.54, 1.807) is 24.1 Å². The summed E-state index contributed by atoms with van der Waals surface area (Å²) in [5.74, 6) is -0.272. The standard InChI is InChI=1S/C25H30Cl2N2O4/c1-25(2,3)33-24(32)29(4)22-10-8-17(15-6-9-20(26)21(27)14-15)19-13-16(5-7-18(19)22)23(31)28-11-12-30/h5-7,9,13-14,17,22,30H,8,10-12H2,1-4H3,(H,28,31)/t17-,22-/m0/s1. The smallest absolute Gasteiger partial charge is 0.410 e. The summed E-state index contributed by atoms with van der Waals surface area (Å²) < 4.78 is 5.58. The predicted molar refractivity (Wildman–Crippen MR) is 130 cm³/mol. The lowest BCUT2D eigenvalue weighted by molar-refractivity contribution is 0.0202. The molecule has 6 nitrogen and oxygen atoms in total. The monoisotopic (exact) mass is 492 g/mol. The number of aliphatic hydroxyl groups is 1. The summed E-state index contributed by atoms with van der Waals surface area (Å²) in [5.41, 5.74) is 2.81. The molecule has 3 rings (SSSR count). The second kappa shape index (κ2) is 10.3. The van der Waals surface area contributed by atoms with Crippen molar-refractivity contribution >= 4 is 35.2 Å². The van der Waals surface area contributed by atoms with E-state index in [4.69, 9.17) is 33.0 Å². The zero-order valence-corrected chi connectivity index (χ0v) is 20.8. The Morgan fingerprint density at radius 3 is 2.45 bits per heavy atom. The first kappa shape index (κ1) is 25.3. The molecule has 178 valence electrons. The lowest BCUT2D eigenvalue weighted by atomic mass is 9.75. The number of benzene rings is 2. The molecule has 0 saturated heterocycles. The van der Waals surface area contributed by atoms with Crippen LogP contribution in [0.2, 0.25) is 10.0 Å². The summed E-state index contributed by atoms with van der Waals surface area (Å²) in [6, 6.07) is 10.9. The highest BCUT2D eigenvalue weighted by atomic mass is 35.5. The van der Waals surface area contributed by atoms with Gasteiger partial charge in [0.1, 0.15) is 5.60 Å². The minimum Gasteiger partial charge on any atom is -0.444 e. The lowest BCUT2D eigenvalue weighted by Crippen LogP contribution is -2.38. The van der Waals surface area contributed by atoms with Crippen molar-refractivity contribution in [3.05, 3.63) is 68.7 Å². The Bertz CT molecular complexity index is 1040. The van der Waals surface area contributed by atoms with E-state index in [1.165, 1.54) is 0 Å². The van der Waals surface area contributed by atoms with Crippen LogP contribution in [0, 0.1) is 0 Å². The molecule has 0 heterocycles. The maximum Gasteiger partial charge on any atom is 0.410 e. The van der Waals surface area contributed by atoms with Gasteiger partial charge >= 0.3 is 6.09 Å². The summed E-state index contributed by atoms with van der Waals surface area (Å²) >= 11 is 12.4. The molecule has 2 amide bonds. The number of amides is 2. The lowest BCUT2D eigenvalue weighted by Gasteiger charge is -2.38. The number of nitrogens with zero attached hydrogens (tertiary/aromatic N) is 1. The third kappa shape index (κ3) is 5.99. The van der Waals surface area contributed by atoms with Gasteiger partial charge in [0.2, 0.25) is 0 Å². The minimum atomic E-state index is -0.597. The number of halogens is 2. The molecule has 8 heteroatoms. The molecular weight excluding hydrogens is 463 g/mol. The molecule has 2 atom stereocenters. The van der Waals surface area contributed by atoms with E-state index in [2.05, 4.69) is 5.32 Å². The van der Waals surface area contributed by atoms with Crippen LogP contribution in [0.15, 0.2) is 36.4 Å². The summed E-state index contributed by atoms with van der Waals surface area (Å²) in [7, 11) is 1.74. The highest BCUT2D eigenvalue weighted by Crippen LogP contribution is 2.44. The van der Waals surface area contributed by atoms with Crippen LogP contribution in [0.3, 0.4) is 0 Å². The number of nitrogens with one attached hydrogen (secondary N) is 1. The van der Waals surface area contributed by atoms with Gasteiger partial charge in [-0.3, -0.25) is 4.79 Å². The van der Waals surface area contributed by atoms with Crippen molar-refractivity contribution in [3.63, 3.8) is 0 Å². The Morgan fingerprint density at radius 2 is 1.82 bits per heavy atom. The number of aliphatic hydroxyl groups excluding tert-OH is 1. The molecule has 2 aromatic rings. The van der Waals surface area contributed by atoms with E-state index in [0.717, 1.165) is 29.5 Å². The van der Waals surface area contributed by atoms with Crippen LogP contribution in [0.4, 0.5) is 4.79 Å². The zero-order valence-electron chi connectivity index (χ0n) is 19.3. The van der Waals surface area contributed by atoms with Gasteiger partial charge in [-0.25, -0.2) is 4.79 Å². The fourth-order valence-corrected chi connectivity index (χ4v) is 4.47. The molecule has 0 aromatic heterocycles. The molecule has 0 radical (unpaired) electrons. The quantitative estimate of drug-likeness (QED) is 0.573. The van der Waals surface area contributed by atoms with Gasteiger partial charge in [0, 0.05) is 25.1 Å². The van der Waals surface area contributed by atoms with Crippen LogP contribution < -0.4 is 5.32 Å². The van der Waals surface area contributed by atoms with Gasteiger partial charge in [-0.1, -0.05) is 35.3 Å². The number of hydrogen-bond acceptors (Lipinski definition) is 4. The van der Waals surface area contributed by atoms with Crippen molar-refractivity contribution in [3.8, 4) is 0 Å². The molecular formula is C25H30Cl2N2O4. The average molecular weight is 493 g/mol. The number of fused-ring (bicyclic) bond motifs is 1. The van der Waals surface area contributed by atoms with Gasteiger partial charge in [0.05, 0.1) is 22.7 Å². The van der Waals surface area contributed by atoms with Crippen molar-refractivity contribution < 1.29 is 19.4 Å². The molecule has 0 aliphatic heterocycles. The maximum absolute atomic E-state index is 12.8. The van der Waals surface area contributed by atoms with Gasteiger partial charge in [0.15, 0.2) is 0 Å². The minimum absolute atomic E-state index is 0.0105. The average Bonchev–Trinajstić information content (AvgIpc) is 2.76. The normalized spacial score (nSPS) is 17.8.